The summed E-state index contributed by atoms with van der Waals surface area (Å²) in [7, 11) is 0. The third-order valence-corrected chi connectivity index (χ3v) is 1.82. The Morgan fingerprint density at radius 3 is 2.69 bits per heavy atom. The molecule has 0 aromatic rings. The normalized spacial score (nSPS) is 12.5. The van der Waals surface area contributed by atoms with E-state index < -0.39 is 12.0 Å². The van der Waals surface area contributed by atoms with E-state index in [0.717, 1.165) is 12.8 Å². The van der Waals surface area contributed by atoms with Crippen LogP contribution in [0.2, 0.25) is 0 Å². The van der Waals surface area contributed by atoms with Gasteiger partial charge < -0.3 is 5.11 Å². The maximum absolute atomic E-state index is 10.7. The molecule has 0 bridgehead atoms. The highest BCUT2D eigenvalue weighted by atomic mass is 35.5. The second kappa shape index (κ2) is 6.92. The average molecular weight is 206 g/mol. The molecule has 4 heteroatoms. The van der Waals surface area contributed by atoms with Gasteiger partial charge in [-0.05, 0) is 6.42 Å². The number of carboxylic acid groups (broad SMARTS) is 1. The zero-order valence-corrected chi connectivity index (χ0v) is 8.60. The van der Waals surface area contributed by atoms with Crippen molar-refractivity contribution >= 4 is 17.6 Å². The lowest BCUT2D eigenvalue weighted by atomic mass is 10.1. The number of rotatable bonds is 7. The predicted octanol–water partition coefficient (Wildman–Crippen LogP) is 1.97. The van der Waals surface area contributed by atoms with Gasteiger partial charge in [-0.25, -0.2) is 0 Å². The van der Waals surface area contributed by atoms with E-state index in [2.05, 4.69) is 11.9 Å². The highest BCUT2D eigenvalue weighted by Crippen LogP contribution is 2.02. The van der Waals surface area contributed by atoms with Crippen molar-refractivity contribution in [3.8, 4) is 0 Å². The molecular formula is C9H16ClNO2. The van der Waals surface area contributed by atoms with Gasteiger partial charge in [-0.15, -0.1) is 0 Å². The number of halogens is 1. The molecule has 0 aromatic heterocycles. The topological polar surface area (TPSA) is 49.3 Å². The standard InChI is InChI=1S/C9H16ClNO2/c1-3-4-5-8(9(12)13)11-6-7(2)10/h8,11H,2-6H2,1H3,(H,12,13). The fourth-order valence-corrected chi connectivity index (χ4v) is 1.03. The van der Waals surface area contributed by atoms with E-state index in [0.29, 0.717) is 18.0 Å². The molecule has 0 saturated carbocycles. The van der Waals surface area contributed by atoms with Gasteiger partial charge in [-0.1, -0.05) is 37.9 Å². The second-order valence-electron chi connectivity index (χ2n) is 2.93. The van der Waals surface area contributed by atoms with Crippen molar-refractivity contribution in [2.45, 2.75) is 32.2 Å². The number of unbranched alkanes of at least 4 members (excludes halogenated alkanes) is 1. The van der Waals surface area contributed by atoms with Crippen LogP contribution in [-0.2, 0) is 4.79 Å². The summed E-state index contributed by atoms with van der Waals surface area (Å²) in [6.45, 7) is 5.85. The monoisotopic (exact) mass is 205 g/mol. The summed E-state index contributed by atoms with van der Waals surface area (Å²) < 4.78 is 0. The van der Waals surface area contributed by atoms with Gasteiger partial charge in [-0.3, -0.25) is 10.1 Å². The van der Waals surface area contributed by atoms with Crippen LogP contribution >= 0.6 is 11.6 Å². The summed E-state index contributed by atoms with van der Waals surface area (Å²) in [5, 5.41) is 12.0. The van der Waals surface area contributed by atoms with Crippen LogP contribution in [0.1, 0.15) is 26.2 Å². The van der Waals surface area contributed by atoms with Gasteiger partial charge in [0.2, 0.25) is 0 Å². The molecule has 0 amide bonds. The van der Waals surface area contributed by atoms with Crippen LogP contribution in [0.25, 0.3) is 0 Å². The van der Waals surface area contributed by atoms with Crippen LogP contribution in [0.4, 0.5) is 0 Å². The molecule has 0 spiro atoms. The van der Waals surface area contributed by atoms with Crippen molar-refractivity contribution in [1.29, 1.82) is 0 Å². The lowest BCUT2D eigenvalue weighted by Crippen LogP contribution is -2.37. The molecule has 3 nitrogen and oxygen atoms in total. The first kappa shape index (κ1) is 12.5. The molecule has 0 aliphatic carbocycles. The van der Waals surface area contributed by atoms with E-state index in [9.17, 15) is 4.79 Å². The van der Waals surface area contributed by atoms with Gasteiger partial charge in [0.05, 0.1) is 0 Å². The molecule has 13 heavy (non-hydrogen) atoms. The molecule has 0 aliphatic rings. The highest BCUT2D eigenvalue weighted by Gasteiger charge is 2.15. The van der Waals surface area contributed by atoms with Crippen LogP contribution in [0.5, 0.6) is 0 Å². The maximum Gasteiger partial charge on any atom is 0.320 e. The quantitative estimate of drug-likeness (QED) is 0.668. The Hall–Kier alpha value is -0.540. The predicted molar refractivity (Wildman–Crippen MR) is 53.9 cm³/mol. The van der Waals surface area contributed by atoms with Crippen molar-refractivity contribution in [3.05, 3.63) is 11.6 Å². The summed E-state index contributed by atoms with van der Waals surface area (Å²) >= 11 is 5.51. The number of hydrogen-bond acceptors (Lipinski definition) is 2. The number of carbonyl (C=O) groups is 1. The SMILES string of the molecule is C=C(Cl)CNC(CCCC)C(=O)O. The third-order valence-electron chi connectivity index (χ3n) is 1.68. The van der Waals surface area contributed by atoms with Gasteiger partial charge in [0, 0.05) is 11.6 Å². The number of carboxylic acids is 1. The zero-order valence-electron chi connectivity index (χ0n) is 7.85. The molecule has 0 fully saturated rings. The Morgan fingerprint density at radius 2 is 2.31 bits per heavy atom. The zero-order chi connectivity index (χ0) is 10.3. The molecular weight excluding hydrogens is 190 g/mol. The molecule has 0 saturated heterocycles. The smallest absolute Gasteiger partial charge is 0.320 e. The Morgan fingerprint density at radius 1 is 1.69 bits per heavy atom. The van der Waals surface area contributed by atoms with Crippen molar-refractivity contribution in [2.75, 3.05) is 6.54 Å². The number of nitrogens with one attached hydrogen (secondary N) is 1. The summed E-state index contributed by atoms with van der Waals surface area (Å²) in [4.78, 5) is 10.7. The second-order valence-corrected chi connectivity index (χ2v) is 3.47. The van der Waals surface area contributed by atoms with Crippen molar-refractivity contribution in [3.63, 3.8) is 0 Å². The van der Waals surface area contributed by atoms with E-state index in [1.165, 1.54) is 0 Å². The van der Waals surface area contributed by atoms with E-state index in [1.807, 2.05) is 6.92 Å². The van der Waals surface area contributed by atoms with Crippen LogP contribution < -0.4 is 5.32 Å². The van der Waals surface area contributed by atoms with Crippen LogP contribution in [0.3, 0.4) is 0 Å². The van der Waals surface area contributed by atoms with E-state index in [4.69, 9.17) is 16.7 Å². The Kier molecular flexibility index (Phi) is 6.63. The van der Waals surface area contributed by atoms with Crippen LogP contribution in [-0.4, -0.2) is 23.7 Å². The minimum Gasteiger partial charge on any atom is -0.480 e. The highest BCUT2D eigenvalue weighted by molar-refractivity contribution is 6.29. The molecule has 2 N–H and O–H groups in total. The first-order chi connectivity index (χ1) is 6.07. The largest absolute Gasteiger partial charge is 0.480 e. The van der Waals surface area contributed by atoms with Crippen molar-refractivity contribution in [1.82, 2.24) is 5.32 Å². The molecule has 1 unspecified atom stereocenters. The Bertz CT molecular complexity index is 182. The van der Waals surface area contributed by atoms with Gasteiger partial charge in [0.15, 0.2) is 0 Å². The first-order valence-electron chi connectivity index (χ1n) is 4.37. The third kappa shape index (κ3) is 6.61. The maximum atomic E-state index is 10.7. The minimum absolute atomic E-state index is 0.349. The molecule has 1 atom stereocenters. The lowest BCUT2D eigenvalue weighted by molar-refractivity contribution is -0.139. The molecule has 0 aliphatic heterocycles. The van der Waals surface area contributed by atoms with E-state index in [1.54, 1.807) is 0 Å². The van der Waals surface area contributed by atoms with Gasteiger partial charge >= 0.3 is 5.97 Å². The molecule has 0 rings (SSSR count). The number of aliphatic carboxylic acids is 1. The fourth-order valence-electron chi connectivity index (χ4n) is 0.955. The summed E-state index contributed by atoms with van der Waals surface area (Å²) in [5.74, 6) is -0.827. The summed E-state index contributed by atoms with van der Waals surface area (Å²) in [5.41, 5.74) is 0. The summed E-state index contributed by atoms with van der Waals surface area (Å²) in [6, 6.07) is -0.504. The van der Waals surface area contributed by atoms with Crippen molar-refractivity contribution in [2.24, 2.45) is 0 Å². The average Bonchev–Trinajstić information content (AvgIpc) is 2.03. The van der Waals surface area contributed by atoms with Gasteiger partial charge in [0.1, 0.15) is 6.04 Å². The Balaban J connectivity index is 3.80. The molecule has 76 valence electrons. The molecule has 0 heterocycles. The van der Waals surface area contributed by atoms with Gasteiger partial charge in [-0.2, -0.15) is 0 Å². The minimum atomic E-state index is -0.827. The van der Waals surface area contributed by atoms with Crippen LogP contribution in [0, 0.1) is 0 Å². The van der Waals surface area contributed by atoms with E-state index >= 15 is 0 Å². The molecule has 0 aromatic carbocycles. The lowest BCUT2D eigenvalue weighted by Gasteiger charge is -2.12. The van der Waals surface area contributed by atoms with Crippen molar-refractivity contribution < 1.29 is 9.90 Å². The first-order valence-corrected chi connectivity index (χ1v) is 4.75. The Labute approximate surface area is 83.8 Å². The number of hydrogen-bond donors (Lipinski definition) is 2. The van der Waals surface area contributed by atoms with Gasteiger partial charge in [0.25, 0.3) is 0 Å². The van der Waals surface area contributed by atoms with Crippen LogP contribution in [0.15, 0.2) is 11.6 Å². The fraction of sp³-hybridized carbons (Fsp3) is 0.667. The van der Waals surface area contributed by atoms with E-state index in [-0.39, 0.29) is 0 Å². The molecule has 0 radical (unpaired) electrons. The summed E-state index contributed by atoms with van der Waals surface area (Å²) in [6.07, 6.45) is 2.53.